The Morgan fingerprint density at radius 1 is 0.410 bits per heavy atom. The van der Waals surface area contributed by atoms with Gasteiger partial charge in [0.2, 0.25) is 0 Å². The van der Waals surface area contributed by atoms with Gasteiger partial charge in [-0.05, 0) is 44.9 Å². The number of rotatable bonds is 49. The first-order chi connectivity index (χ1) is 29.8. The summed E-state index contributed by atoms with van der Waals surface area (Å²) in [7, 11) is -4.77. The van der Waals surface area contributed by atoms with Crippen LogP contribution < -0.4 is 0 Å². The predicted octanol–water partition coefficient (Wildman–Crippen LogP) is 16.7. The average molecular weight is 883 g/mol. The fourth-order valence-electron chi connectivity index (χ4n) is 7.81. The summed E-state index contributed by atoms with van der Waals surface area (Å²) in [6.45, 7) is 3.71. The molecule has 61 heavy (non-hydrogen) atoms. The summed E-state index contributed by atoms with van der Waals surface area (Å²) in [5.41, 5.74) is 0. The lowest BCUT2D eigenvalue weighted by molar-refractivity contribution is -0.161. The third kappa shape index (κ3) is 51.0. The van der Waals surface area contributed by atoms with Gasteiger partial charge < -0.3 is 19.3 Å². The summed E-state index contributed by atoms with van der Waals surface area (Å²) in [5, 5.41) is 0. The second kappa shape index (κ2) is 48.0. The molecule has 0 spiro atoms. The van der Waals surface area contributed by atoms with Crippen LogP contribution in [0.5, 0.6) is 0 Å². The van der Waals surface area contributed by atoms with Crippen molar-refractivity contribution in [1.82, 2.24) is 0 Å². The summed E-state index contributed by atoms with van der Waals surface area (Å²) in [5.74, 6) is -0.918. The van der Waals surface area contributed by atoms with Crippen LogP contribution in [0, 0.1) is 0 Å². The number of hydrogen-bond acceptors (Lipinski definition) is 6. The molecule has 0 bridgehead atoms. The van der Waals surface area contributed by atoms with E-state index < -0.39 is 32.5 Å². The van der Waals surface area contributed by atoms with Gasteiger partial charge in [0, 0.05) is 12.8 Å². The molecule has 0 aliphatic rings. The van der Waals surface area contributed by atoms with E-state index in [-0.39, 0.29) is 19.4 Å². The van der Waals surface area contributed by atoms with Crippen LogP contribution in [-0.4, -0.2) is 41.0 Å². The number of unbranched alkanes of at least 4 members (excludes halogenated alkanes) is 35. The standard InChI is InChI=1S/C52H99O8P/c1-3-5-7-9-11-13-15-17-19-21-23-25-26-27-29-30-32-34-36-38-40-42-44-46-51(53)58-48-50(49-59-61(55,56)57)60-52(54)47-45-43-41-39-37-35-33-31-28-24-22-20-18-16-14-12-10-8-6-4-2/h30,32,38,40,50H,3-29,31,33-37,39,41-49H2,1-2H3,(H2,55,56,57)/b32-30+,40-38+/t50-/m1/s1. The van der Waals surface area contributed by atoms with Crippen molar-refractivity contribution in [1.29, 1.82) is 0 Å². The van der Waals surface area contributed by atoms with E-state index in [4.69, 9.17) is 19.3 Å². The molecule has 9 heteroatoms. The van der Waals surface area contributed by atoms with Gasteiger partial charge in [-0.15, -0.1) is 0 Å². The van der Waals surface area contributed by atoms with Crippen molar-refractivity contribution in [3.05, 3.63) is 24.3 Å². The van der Waals surface area contributed by atoms with E-state index in [2.05, 4.69) is 42.7 Å². The first kappa shape index (κ1) is 59.5. The van der Waals surface area contributed by atoms with Gasteiger partial charge in [-0.25, -0.2) is 4.57 Å². The third-order valence-corrected chi connectivity index (χ3v) is 12.2. The highest BCUT2D eigenvalue weighted by Gasteiger charge is 2.23. The van der Waals surface area contributed by atoms with Gasteiger partial charge in [0.05, 0.1) is 6.61 Å². The van der Waals surface area contributed by atoms with E-state index in [9.17, 15) is 14.2 Å². The Labute approximate surface area is 377 Å². The summed E-state index contributed by atoms with van der Waals surface area (Å²) in [6, 6.07) is 0. The van der Waals surface area contributed by atoms with E-state index in [0.29, 0.717) is 12.8 Å². The summed E-state index contributed by atoms with van der Waals surface area (Å²) in [6.07, 6.45) is 57.9. The molecule has 1 atom stereocenters. The minimum absolute atomic E-state index is 0.209. The number of carbonyl (C=O) groups is 2. The SMILES string of the molecule is CCCCCCCCCCCCCCCC/C=C/CC/C=C/CCCC(=O)OC[C@H](COP(=O)(O)O)OC(=O)CCCCCCCCCCCCCCCCCCCCCC. The van der Waals surface area contributed by atoms with Crippen molar-refractivity contribution >= 4 is 19.8 Å². The van der Waals surface area contributed by atoms with Crippen LogP contribution in [0.4, 0.5) is 0 Å². The van der Waals surface area contributed by atoms with E-state index in [0.717, 1.165) is 44.9 Å². The molecule has 0 heterocycles. The van der Waals surface area contributed by atoms with Crippen LogP contribution in [0.3, 0.4) is 0 Å². The Bertz CT molecular complexity index is 1040. The Morgan fingerprint density at radius 2 is 0.721 bits per heavy atom. The highest BCUT2D eigenvalue weighted by molar-refractivity contribution is 7.46. The highest BCUT2D eigenvalue weighted by Crippen LogP contribution is 2.36. The monoisotopic (exact) mass is 883 g/mol. The summed E-state index contributed by atoms with van der Waals surface area (Å²) >= 11 is 0. The Kier molecular flexibility index (Phi) is 46.8. The molecule has 0 rings (SSSR count). The van der Waals surface area contributed by atoms with Crippen LogP contribution in [0.25, 0.3) is 0 Å². The minimum Gasteiger partial charge on any atom is -0.462 e. The third-order valence-electron chi connectivity index (χ3n) is 11.7. The van der Waals surface area contributed by atoms with Crippen molar-refractivity contribution in [2.24, 2.45) is 0 Å². The summed E-state index contributed by atoms with van der Waals surface area (Å²) < 4.78 is 26.5. The van der Waals surface area contributed by atoms with Crippen LogP contribution in [0.15, 0.2) is 24.3 Å². The Balaban J connectivity index is 3.83. The molecular weight excluding hydrogens is 784 g/mol. The van der Waals surface area contributed by atoms with E-state index in [1.54, 1.807) is 0 Å². The molecule has 360 valence electrons. The second-order valence-electron chi connectivity index (χ2n) is 17.8. The van der Waals surface area contributed by atoms with Gasteiger partial charge in [0.15, 0.2) is 6.10 Å². The van der Waals surface area contributed by atoms with Crippen molar-refractivity contribution in [3.8, 4) is 0 Å². The zero-order valence-corrected chi connectivity index (χ0v) is 41.0. The van der Waals surface area contributed by atoms with Gasteiger partial charge in [-0.1, -0.05) is 244 Å². The predicted molar refractivity (Wildman–Crippen MR) is 258 cm³/mol. The number of carbonyl (C=O) groups excluding carboxylic acids is 2. The molecule has 0 aromatic carbocycles. The van der Waals surface area contributed by atoms with Crippen molar-refractivity contribution < 1.29 is 37.9 Å². The fourth-order valence-corrected chi connectivity index (χ4v) is 8.17. The molecule has 0 radical (unpaired) electrons. The molecule has 0 aliphatic heterocycles. The molecular formula is C52H99O8P. The van der Waals surface area contributed by atoms with E-state index in [1.165, 1.54) is 193 Å². The van der Waals surface area contributed by atoms with Gasteiger partial charge in [-0.2, -0.15) is 0 Å². The zero-order valence-electron chi connectivity index (χ0n) is 40.1. The van der Waals surface area contributed by atoms with E-state index >= 15 is 0 Å². The lowest BCUT2D eigenvalue weighted by Crippen LogP contribution is -2.29. The number of hydrogen-bond donors (Lipinski definition) is 2. The normalized spacial score (nSPS) is 12.5. The number of phosphoric acid groups is 1. The van der Waals surface area contributed by atoms with Crippen LogP contribution in [0.1, 0.15) is 277 Å². The van der Waals surface area contributed by atoms with E-state index in [1.807, 2.05) is 0 Å². The quantitative estimate of drug-likeness (QED) is 0.0268. The maximum Gasteiger partial charge on any atom is 0.469 e. The van der Waals surface area contributed by atoms with Gasteiger partial charge in [0.25, 0.3) is 0 Å². The lowest BCUT2D eigenvalue weighted by Gasteiger charge is -2.18. The molecule has 0 unspecified atom stereocenters. The molecule has 0 fully saturated rings. The largest absolute Gasteiger partial charge is 0.469 e. The first-order valence-electron chi connectivity index (χ1n) is 26.1. The molecule has 2 N–H and O–H groups in total. The molecule has 0 aromatic rings. The topological polar surface area (TPSA) is 119 Å². The first-order valence-corrected chi connectivity index (χ1v) is 27.7. The van der Waals surface area contributed by atoms with Crippen LogP contribution >= 0.6 is 7.82 Å². The fraction of sp³-hybridized carbons (Fsp3) is 0.885. The molecule has 8 nitrogen and oxygen atoms in total. The van der Waals surface area contributed by atoms with Crippen molar-refractivity contribution in [2.45, 2.75) is 283 Å². The summed E-state index contributed by atoms with van der Waals surface area (Å²) in [4.78, 5) is 43.1. The Hall–Kier alpha value is -1.47. The van der Waals surface area contributed by atoms with Gasteiger partial charge >= 0.3 is 19.8 Å². The number of ether oxygens (including phenoxy) is 2. The van der Waals surface area contributed by atoms with Gasteiger partial charge in [-0.3, -0.25) is 14.1 Å². The maximum absolute atomic E-state index is 12.5. The lowest BCUT2D eigenvalue weighted by atomic mass is 10.0. The van der Waals surface area contributed by atoms with Crippen LogP contribution in [0.2, 0.25) is 0 Å². The van der Waals surface area contributed by atoms with Crippen molar-refractivity contribution in [3.63, 3.8) is 0 Å². The average Bonchev–Trinajstić information content (AvgIpc) is 3.23. The molecule has 0 aliphatic carbocycles. The minimum atomic E-state index is -4.77. The maximum atomic E-state index is 12.5. The molecule has 0 saturated carbocycles. The number of esters is 2. The van der Waals surface area contributed by atoms with Gasteiger partial charge in [0.1, 0.15) is 6.61 Å². The smallest absolute Gasteiger partial charge is 0.462 e. The van der Waals surface area contributed by atoms with Crippen LogP contribution in [-0.2, 0) is 28.2 Å². The molecule has 0 amide bonds. The Morgan fingerprint density at radius 3 is 1.10 bits per heavy atom. The number of allylic oxidation sites excluding steroid dienone is 4. The molecule has 0 aromatic heterocycles. The zero-order chi connectivity index (χ0) is 44.6. The molecule has 0 saturated heterocycles. The number of phosphoric ester groups is 1. The second-order valence-corrected chi connectivity index (χ2v) is 19.1. The highest BCUT2D eigenvalue weighted by atomic mass is 31.2. The van der Waals surface area contributed by atoms with Crippen molar-refractivity contribution in [2.75, 3.05) is 13.2 Å².